The van der Waals surface area contributed by atoms with Gasteiger partial charge in [0.05, 0.1) is 5.56 Å². The lowest BCUT2D eigenvalue weighted by molar-refractivity contribution is -0.136. The first-order valence-corrected chi connectivity index (χ1v) is 12.4. The van der Waals surface area contributed by atoms with Crippen molar-refractivity contribution in [2.45, 2.75) is 77.9 Å². The molecule has 2 N–H and O–H groups in total. The Kier molecular flexibility index (Phi) is 9.00. The zero-order valence-corrected chi connectivity index (χ0v) is 20.3. The minimum atomic E-state index is -4.59. The number of aromatic nitrogens is 2. The van der Waals surface area contributed by atoms with Gasteiger partial charge >= 0.3 is 6.18 Å². The molecule has 0 aliphatic carbocycles. The fraction of sp³-hybridized carbons (Fsp3) is 0.519. The Morgan fingerprint density at radius 1 is 1.06 bits per heavy atom. The van der Waals surface area contributed by atoms with Crippen LogP contribution in [0, 0.1) is 6.92 Å². The van der Waals surface area contributed by atoms with Crippen molar-refractivity contribution in [1.82, 2.24) is 14.9 Å². The highest BCUT2D eigenvalue weighted by Crippen LogP contribution is 2.39. The van der Waals surface area contributed by atoms with E-state index in [1.165, 1.54) is 32.1 Å². The molecule has 0 unspecified atom stereocenters. The maximum atomic E-state index is 13.8. The summed E-state index contributed by atoms with van der Waals surface area (Å²) in [5.74, 6) is 0. The molecular formula is C27H36F3N3O. The molecule has 2 aromatic heterocycles. The van der Waals surface area contributed by atoms with Gasteiger partial charge in [-0.2, -0.15) is 13.2 Å². The zero-order valence-electron chi connectivity index (χ0n) is 20.3. The van der Waals surface area contributed by atoms with E-state index >= 15 is 0 Å². The largest absolute Gasteiger partial charge is 0.417 e. The molecule has 7 heteroatoms. The number of hydrogen-bond acceptors (Lipinski definition) is 2. The summed E-state index contributed by atoms with van der Waals surface area (Å²) in [6, 6.07) is 4.13. The number of unbranched alkanes of at least 4 members (excludes halogenated alkanes) is 6. The topological polar surface area (TPSA) is 49.8 Å². The molecule has 186 valence electrons. The zero-order chi connectivity index (χ0) is 24.7. The predicted octanol–water partition coefficient (Wildman–Crippen LogP) is 6.88. The van der Waals surface area contributed by atoms with Crippen molar-refractivity contribution in [1.29, 1.82) is 0 Å². The van der Waals surface area contributed by atoms with Gasteiger partial charge in [-0.05, 0) is 50.4 Å². The van der Waals surface area contributed by atoms with Crippen molar-refractivity contribution in [3.8, 4) is 0 Å². The summed E-state index contributed by atoms with van der Waals surface area (Å²) in [4.78, 5) is 14.4. The Bertz CT molecular complexity index is 1170. The molecular weight excluding hydrogens is 439 g/mol. The summed E-state index contributed by atoms with van der Waals surface area (Å²) in [7, 11) is 0. The van der Waals surface area contributed by atoms with Gasteiger partial charge in [-0.25, -0.2) is 0 Å². The first kappa shape index (κ1) is 26.1. The van der Waals surface area contributed by atoms with Gasteiger partial charge in [0.25, 0.3) is 0 Å². The van der Waals surface area contributed by atoms with Crippen LogP contribution in [0.3, 0.4) is 0 Å². The number of nitrogens with zero attached hydrogens (tertiary/aromatic N) is 1. The second-order valence-corrected chi connectivity index (χ2v) is 8.97. The number of nitrogens with one attached hydrogen (secondary N) is 2. The molecule has 0 fully saturated rings. The lowest BCUT2D eigenvalue weighted by Gasteiger charge is -2.12. The number of rotatable bonds is 13. The fourth-order valence-corrected chi connectivity index (χ4v) is 4.99. The first-order chi connectivity index (χ1) is 16.3. The van der Waals surface area contributed by atoms with Crippen LogP contribution in [0.5, 0.6) is 0 Å². The van der Waals surface area contributed by atoms with Crippen LogP contribution < -0.4 is 10.9 Å². The molecule has 0 aliphatic rings. The average Bonchev–Trinajstić information content (AvgIpc) is 3.07. The molecule has 3 rings (SSSR count). The maximum absolute atomic E-state index is 13.8. The number of aryl methyl sites for hydroxylation is 2. The van der Waals surface area contributed by atoms with Gasteiger partial charge in [0, 0.05) is 46.7 Å². The van der Waals surface area contributed by atoms with E-state index in [-0.39, 0.29) is 10.9 Å². The molecule has 0 bridgehead atoms. The number of halogens is 3. The van der Waals surface area contributed by atoms with Crippen molar-refractivity contribution in [3.63, 3.8) is 0 Å². The van der Waals surface area contributed by atoms with Crippen LogP contribution >= 0.6 is 0 Å². The lowest BCUT2D eigenvalue weighted by atomic mass is 10.0. The SMILES string of the molecule is C=CCNCCCCCCCCCn1c(CC)c(C)c2c3c(C(F)(F)F)cc(=O)[nH]c3ccc21. The summed E-state index contributed by atoms with van der Waals surface area (Å²) in [5.41, 5.74) is 1.38. The highest BCUT2D eigenvalue weighted by atomic mass is 19.4. The minimum Gasteiger partial charge on any atom is -0.344 e. The van der Waals surface area contributed by atoms with E-state index in [4.69, 9.17) is 0 Å². The predicted molar refractivity (Wildman–Crippen MR) is 135 cm³/mol. The Hall–Kier alpha value is -2.54. The molecule has 0 atom stereocenters. The monoisotopic (exact) mass is 475 g/mol. The molecule has 0 saturated carbocycles. The summed E-state index contributed by atoms with van der Waals surface area (Å²) >= 11 is 0. The first-order valence-electron chi connectivity index (χ1n) is 12.4. The number of fused-ring (bicyclic) bond motifs is 3. The number of H-pyrrole nitrogens is 1. The lowest BCUT2D eigenvalue weighted by Crippen LogP contribution is -2.14. The summed E-state index contributed by atoms with van der Waals surface area (Å²) in [6.07, 6.45) is 6.13. The number of alkyl halides is 3. The van der Waals surface area contributed by atoms with Crippen molar-refractivity contribution in [2.24, 2.45) is 0 Å². The van der Waals surface area contributed by atoms with E-state index in [2.05, 4.69) is 21.4 Å². The second-order valence-electron chi connectivity index (χ2n) is 8.97. The number of hydrogen-bond donors (Lipinski definition) is 2. The van der Waals surface area contributed by atoms with Crippen molar-refractivity contribution < 1.29 is 13.2 Å². The van der Waals surface area contributed by atoms with E-state index in [0.29, 0.717) is 11.5 Å². The van der Waals surface area contributed by atoms with Crippen LogP contribution in [0.2, 0.25) is 0 Å². The van der Waals surface area contributed by atoms with Gasteiger partial charge in [-0.3, -0.25) is 4.79 Å². The Morgan fingerprint density at radius 2 is 1.74 bits per heavy atom. The highest BCUT2D eigenvalue weighted by molar-refractivity contribution is 6.09. The van der Waals surface area contributed by atoms with Gasteiger partial charge < -0.3 is 14.9 Å². The molecule has 0 saturated heterocycles. The molecule has 0 aliphatic heterocycles. The molecule has 0 amide bonds. The molecule has 34 heavy (non-hydrogen) atoms. The average molecular weight is 476 g/mol. The maximum Gasteiger partial charge on any atom is 0.417 e. The molecule has 2 heterocycles. The van der Waals surface area contributed by atoms with Gasteiger partial charge in [0.15, 0.2) is 0 Å². The smallest absolute Gasteiger partial charge is 0.344 e. The van der Waals surface area contributed by atoms with Crippen molar-refractivity contribution in [3.05, 3.63) is 58.0 Å². The van der Waals surface area contributed by atoms with Crippen molar-refractivity contribution >= 4 is 21.8 Å². The summed E-state index contributed by atoms with van der Waals surface area (Å²) in [6.45, 7) is 10.3. The highest BCUT2D eigenvalue weighted by Gasteiger charge is 2.34. The second kappa shape index (κ2) is 11.7. The molecule has 1 aromatic carbocycles. The Morgan fingerprint density at radius 3 is 2.38 bits per heavy atom. The van der Waals surface area contributed by atoms with Crippen LogP contribution in [-0.4, -0.2) is 22.6 Å². The third-order valence-electron chi connectivity index (χ3n) is 6.57. The van der Waals surface area contributed by atoms with E-state index < -0.39 is 17.3 Å². The molecule has 4 nitrogen and oxygen atoms in total. The quantitative estimate of drug-likeness (QED) is 0.209. The summed E-state index contributed by atoms with van der Waals surface area (Å²) < 4.78 is 43.7. The minimum absolute atomic E-state index is 0.0955. The molecule has 3 aromatic rings. The van der Waals surface area contributed by atoms with Crippen LogP contribution in [0.15, 0.2) is 35.6 Å². The molecule has 0 spiro atoms. The molecule has 0 radical (unpaired) electrons. The normalized spacial score (nSPS) is 12.1. The van der Waals surface area contributed by atoms with E-state index in [1.807, 2.05) is 26.0 Å². The Labute approximate surface area is 199 Å². The van der Waals surface area contributed by atoms with Gasteiger partial charge in [-0.15, -0.1) is 6.58 Å². The Balaban J connectivity index is 1.73. The number of benzene rings is 1. The third-order valence-corrected chi connectivity index (χ3v) is 6.57. The fourth-order valence-electron chi connectivity index (χ4n) is 4.99. The number of pyridine rings is 1. The van der Waals surface area contributed by atoms with Crippen LogP contribution in [0.4, 0.5) is 13.2 Å². The van der Waals surface area contributed by atoms with E-state index in [1.54, 1.807) is 6.07 Å². The summed E-state index contributed by atoms with van der Waals surface area (Å²) in [5, 5.41) is 4.01. The van der Waals surface area contributed by atoms with Gasteiger partial charge in [-0.1, -0.05) is 45.1 Å². The van der Waals surface area contributed by atoms with Gasteiger partial charge in [0.2, 0.25) is 5.56 Å². The standard InChI is InChI=1S/C27H36F3N3O/c1-4-15-31-16-11-9-7-6-8-10-12-17-33-22(5-2)19(3)25-23(33)14-13-21-26(25)20(27(28,29)30)18-24(34)32-21/h4,13-14,18,31H,1,5-12,15-17H2,2-3H3,(H,32,34). The van der Waals surface area contributed by atoms with E-state index in [0.717, 1.165) is 55.7 Å². The third kappa shape index (κ3) is 5.93. The van der Waals surface area contributed by atoms with Gasteiger partial charge in [0.1, 0.15) is 0 Å². The van der Waals surface area contributed by atoms with Crippen molar-refractivity contribution in [2.75, 3.05) is 13.1 Å². The van der Waals surface area contributed by atoms with E-state index in [9.17, 15) is 18.0 Å². The van der Waals surface area contributed by atoms with Crippen LogP contribution in [0.1, 0.15) is 68.7 Å². The number of aromatic amines is 1. The van der Waals surface area contributed by atoms with Crippen LogP contribution in [-0.2, 0) is 19.1 Å². The van der Waals surface area contributed by atoms with Crippen LogP contribution in [0.25, 0.3) is 21.8 Å².